The van der Waals surface area contributed by atoms with E-state index in [-0.39, 0.29) is 0 Å². The fourth-order valence-electron chi connectivity index (χ4n) is 3.19. The van der Waals surface area contributed by atoms with Gasteiger partial charge in [0, 0.05) is 11.1 Å². The molecule has 0 radical (unpaired) electrons. The lowest BCUT2D eigenvalue weighted by Gasteiger charge is -2.50. The van der Waals surface area contributed by atoms with Crippen molar-refractivity contribution >= 4 is 11.8 Å². The number of amides is 2. The van der Waals surface area contributed by atoms with Crippen molar-refractivity contribution in [1.82, 2.24) is 5.32 Å². The van der Waals surface area contributed by atoms with Crippen LogP contribution in [0.2, 0.25) is 0 Å². The number of nitrogens with one attached hydrogen (secondary N) is 1. The highest BCUT2D eigenvalue weighted by Crippen LogP contribution is 2.55. The van der Waals surface area contributed by atoms with Gasteiger partial charge >= 0.3 is 0 Å². The highest BCUT2D eigenvalue weighted by atomic mass is 16.2. The predicted octanol–water partition coefficient (Wildman–Crippen LogP) is 0.325. The van der Waals surface area contributed by atoms with E-state index in [9.17, 15) is 20.1 Å². The Morgan fingerprint density at radius 3 is 2.79 bits per heavy atom. The molecule has 0 aromatic carbocycles. The number of hydrogen-bond acceptors (Lipinski definition) is 4. The number of hydrogen-bond donors (Lipinski definition) is 2. The molecule has 19 heavy (non-hydrogen) atoms. The van der Waals surface area contributed by atoms with E-state index >= 15 is 0 Å². The van der Waals surface area contributed by atoms with Gasteiger partial charge in [0.1, 0.15) is 0 Å². The van der Waals surface area contributed by atoms with Crippen LogP contribution in [-0.4, -0.2) is 11.8 Å². The number of carbonyl (C=O) groups excluding carboxylic acids is 2. The van der Waals surface area contributed by atoms with Crippen LogP contribution in [0.5, 0.6) is 0 Å². The molecule has 3 atom stereocenters. The molecule has 0 aromatic rings. The molecule has 2 rings (SSSR count). The lowest BCUT2D eigenvalue weighted by molar-refractivity contribution is -0.144. The summed E-state index contributed by atoms with van der Waals surface area (Å²) < 4.78 is 0. The monoisotopic (exact) mass is 258 g/mol. The van der Waals surface area contributed by atoms with Crippen molar-refractivity contribution in [2.75, 3.05) is 0 Å². The van der Waals surface area contributed by atoms with Gasteiger partial charge in [-0.1, -0.05) is 13.0 Å². The van der Waals surface area contributed by atoms with E-state index in [2.05, 4.69) is 5.32 Å². The summed E-state index contributed by atoms with van der Waals surface area (Å²) in [5, 5.41) is 21.4. The van der Waals surface area contributed by atoms with Gasteiger partial charge in [-0.05, 0) is 19.3 Å². The van der Waals surface area contributed by atoms with Crippen molar-refractivity contribution in [3.8, 4) is 12.1 Å². The molecule has 0 bridgehead atoms. The summed E-state index contributed by atoms with van der Waals surface area (Å²) in [5.41, 5.74) is 3.23. The standard InChI is InChI=1S/C13H14N4O2/c1-12-5-3-2-4-9(12)17-10(18)8(6-14)13(12,7-15)11(16)19/h4,8H,2-3,5H2,1H3,(H2,16,19)(H,17,18)/t8-,12-,13+/m0/s1. The van der Waals surface area contributed by atoms with Crippen LogP contribution in [0.15, 0.2) is 11.8 Å². The number of nitrogens with zero attached hydrogens (tertiary/aromatic N) is 2. The average Bonchev–Trinajstić information content (AvgIpc) is 2.37. The van der Waals surface area contributed by atoms with E-state index in [0.717, 1.165) is 12.8 Å². The van der Waals surface area contributed by atoms with E-state index in [1.54, 1.807) is 13.0 Å². The Bertz CT molecular complexity index is 568. The first kappa shape index (κ1) is 13.1. The molecule has 98 valence electrons. The highest BCUT2D eigenvalue weighted by Gasteiger charge is 2.65. The number of nitriles is 2. The van der Waals surface area contributed by atoms with Crippen LogP contribution in [0, 0.1) is 39.4 Å². The minimum atomic E-state index is -1.81. The third kappa shape index (κ3) is 1.40. The molecule has 0 unspecified atom stereocenters. The van der Waals surface area contributed by atoms with Crippen LogP contribution >= 0.6 is 0 Å². The van der Waals surface area contributed by atoms with E-state index in [1.165, 1.54) is 0 Å². The summed E-state index contributed by atoms with van der Waals surface area (Å²) in [7, 11) is 0. The van der Waals surface area contributed by atoms with Gasteiger partial charge in [0.25, 0.3) is 0 Å². The third-order valence-electron chi connectivity index (χ3n) is 4.34. The molecule has 0 saturated carbocycles. The number of nitrogens with two attached hydrogens (primary N) is 1. The van der Waals surface area contributed by atoms with Crippen molar-refractivity contribution < 1.29 is 9.59 Å². The molecule has 6 heteroatoms. The normalized spacial score (nSPS) is 37.1. The largest absolute Gasteiger partial charge is 0.368 e. The van der Waals surface area contributed by atoms with Crippen LogP contribution in [0.1, 0.15) is 26.2 Å². The van der Waals surface area contributed by atoms with Crippen molar-refractivity contribution in [2.24, 2.45) is 22.5 Å². The molecule has 2 amide bonds. The molecule has 6 nitrogen and oxygen atoms in total. The summed E-state index contributed by atoms with van der Waals surface area (Å²) in [5.74, 6) is -2.92. The second kappa shape index (κ2) is 4.10. The average molecular weight is 258 g/mol. The van der Waals surface area contributed by atoms with Gasteiger partial charge in [-0.15, -0.1) is 0 Å². The molecule has 1 fully saturated rings. The Balaban J connectivity index is 2.74. The summed E-state index contributed by atoms with van der Waals surface area (Å²) in [6.07, 6.45) is 3.89. The molecule has 2 aliphatic rings. The number of rotatable bonds is 1. The van der Waals surface area contributed by atoms with E-state index in [4.69, 9.17) is 5.73 Å². The summed E-state index contributed by atoms with van der Waals surface area (Å²) >= 11 is 0. The second-order valence-electron chi connectivity index (χ2n) is 5.18. The Hall–Kier alpha value is -2.34. The van der Waals surface area contributed by atoms with Crippen LogP contribution in [-0.2, 0) is 9.59 Å². The first-order valence-corrected chi connectivity index (χ1v) is 6.06. The maximum absolute atomic E-state index is 12.0. The quantitative estimate of drug-likeness (QED) is 0.703. The smallest absolute Gasteiger partial charge is 0.243 e. The molecule has 3 N–H and O–H groups in total. The summed E-state index contributed by atoms with van der Waals surface area (Å²) in [6, 6.07) is 3.66. The van der Waals surface area contributed by atoms with Crippen molar-refractivity contribution in [3.63, 3.8) is 0 Å². The lowest BCUT2D eigenvalue weighted by atomic mass is 9.52. The zero-order chi connectivity index (χ0) is 14.3. The van der Waals surface area contributed by atoms with Gasteiger partial charge in [-0.2, -0.15) is 10.5 Å². The number of allylic oxidation sites excluding steroid dienone is 2. The molecule has 0 spiro atoms. The van der Waals surface area contributed by atoms with Gasteiger partial charge in [0.15, 0.2) is 11.3 Å². The van der Waals surface area contributed by atoms with E-state index in [0.29, 0.717) is 12.1 Å². The molecule has 1 saturated heterocycles. The molecule has 1 aliphatic heterocycles. The van der Waals surface area contributed by atoms with E-state index < -0.39 is 28.6 Å². The number of carbonyl (C=O) groups is 2. The van der Waals surface area contributed by atoms with Crippen molar-refractivity contribution in [1.29, 1.82) is 10.5 Å². The highest BCUT2D eigenvalue weighted by molar-refractivity contribution is 5.97. The van der Waals surface area contributed by atoms with Crippen LogP contribution < -0.4 is 11.1 Å². The lowest BCUT2D eigenvalue weighted by Crippen LogP contribution is -2.63. The fraction of sp³-hybridized carbons (Fsp3) is 0.538. The van der Waals surface area contributed by atoms with Crippen LogP contribution in [0.25, 0.3) is 0 Å². The first-order chi connectivity index (χ1) is 8.94. The van der Waals surface area contributed by atoms with E-state index in [1.807, 2.05) is 12.1 Å². The van der Waals surface area contributed by atoms with Gasteiger partial charge in [-0.25, -0.2) is 0 Å². The molecule has 1 aliphatic carbocycles. The summed E-state index contributed by atoms with van der Waals surface area (Å²) in [6.45, 7) is 1.72. The topological polar surface area (TPSA) is 120 Å². The molecule has 0 aromatic heterocycles. The minimum Gasteiger partial charge on any atom is -0.368 e. The Morgan fingerprint density at radius 2 is 2.26 bits per heavy atom. The first-order valence-electron chi connectivity index (χ1n) is 6.06. The van der Waals surface area contributed by atoms with Gasteiger partial charge in [0.05, 0.1) is 12.1 Å². The van der Waals surface area contributed by atoms with Crippen molar-refractivity contribution in [2.45, 2.75) is 26.2 Å². The van der Waals surface area contributed by atoms with Crippen molar-refractivity contribution in [3.05, 3.63) is 11.8 Å². The zero-order valence-electron chi connectivity index (χ0n) is 10.6. The maximum Gasteiger partial charge on any atom is 0.243 e. The SMILES string of the molecule is C[C@]12CCCC=C1NC(=O)[C@H](C#N)[C@]2(C#N)C(N)=O. The number of fused-ring (bicyclic) bond motifs is 1. The van der Waals surface area contributed by atoms with Gasteiger partial charge in [-0.3, -0.25) is 9.59 Å². The fourth-order valence-corrected chi connectivity index (χ4v) is 3.19. The number of piperidine rings is 1. The summed E-state index contributed by atoms with van der Waals surface area (Å²) in [4.78, 5) is 23.9. The molecule has 1 heterocycles. The third-order valence-corrected chi connectivity index (χ3v) is 4.34. The predicted molar refractivity (Wildman–Crippen MR) is 64.5 cm³/mol. The minimum absolute atomic E-state index is 0.536. The van der Waals surface area contributed by atoms with Crippen LogP contribution in [0.4, 0.5) is 0 Å². The zero-order valence-corrected chi connectivity index (χ0v) is 10.6. The Kier molecular flexibility index (Phi) is 2.83. The Labute approximate surface area is 110 Å². The number of primary amides is 1. The second-order valence-corrected chi connectivity index (χ2v) is 5.18. The maximum atomic E-state index is 12.0. The van der Waals surface area contributed by atoms with Gasteiger partial charge < -0.3 is 11.1 Å². The molecular weight excluding hydrogens is 244 g/mol. The Morgan fingerprint density at radius 1 is 1.58 bits per heavy atom. The van der Waals surface area contributed by atoms with Gasteiger partial charge in [0.2, 0.25) is 11.8 Å². The van der Waals surface area contributed by atoms with Crippen LogP contribution in [0.3, 0.4) is 0 Å². The molecular formula is C13H14N4O2.